The second kappa shape index (κ2) is 8.61. The van der Waals surface area contributed by atoms with Crippen molar-refractivity contribution in [3.05, 3.63) is 60.0 Å². The number of hydrogen-bond donors (Lipinski definition) is 0. The van der Waals surface area contributed by atoms with Crippen molar-refractivity contribution in [1.82, 2.24) is 19.4 Å². The Morgan fingerprint density at radius 2 is 2.04 bits per heavy atom. The number of nitrogens with zero attached hydrogens (tertiary/aromatic N) is 4. The molecule has 0 N–H and O–H groups in total. The number of hydrogen-bond acceptors (Lipinski definition) is 4. The van der Waals surface area contributed by atoms with Crippen molar-refractivity contribution in [3.8, 4) is 0 Å². The number of fused-ring (bicyclic) bond motifs is 1. The van der Waals surface area contributed by atoms with E-state index in [-0.39, 0.29) is 18.7 Å². The Hall–Kier alpha value is -2.60. The Balaban J connectivity index is 1.50. The number of imidazole rings is 1. The smallest absolute Gasteiger partial charge is 0.410 e. The maximum absolute atomic E-state index is 12.8. The normalized spacial score (nSPS) is 17.0. The van der Waals surface area contributed by atoms with Crippen molar-refractivity contribution in [2.45, 2.75) is 44.3 Å². The van der Waals surface area contributed by atoms with Gasteiger partial charge in [-0.3, -0.25) is 0 Å². The number of ether oxygens (including phenoxy) is 1. The molecule has 0 unspecified atom stereocenters. The minimum atomic E-state index is -0.265. The molecule has 7 heteroatoms. The molecule has 0 bridgehead atoms. The summed E-state index contributed by atoms with van der Waals surface area (Å²) in [6.45, 7) is 1.61. The zero-order valence-corrected chi connectivity index (χ0v) is 16.4. The highest BCUT2D eigenvalue weighted by atomic mass is 35.5. The molecule has 1 amide bonds. The molecule has 0 radical (unpaired) electrons. The Morgan fingerprint density at radius 3 is 2.86 bits per heavy atom. The number of aromatic nitrogens is 3. The van der Waals surface area contributed by atoms with E-state index in [4.69, 9.17) is 16.3 Å². The number of carbonyl (C=O) groups excluding carboxylic acids is 1. The van der Waals surface area contributed by atoms with Crippen LogP contribution in [0.5, 0.6) is 0 Å². The number of rotatable bonds is 5. The summed E-state index contributed by atoms with van der Waals surface area (Å²) in [5.41, 5.74) is 2.62. The number of piperidine rings is 1. The topological polar surface area (TPSA) is 60.2 Å². The molecular weight excluding hydrogens is 376 g/mol. The molecule has 1 saturated heterocycles. The highest BCUT2D eigenvalue weighted by Gasteiger charge is 2.29. The molecule has 1 fully saturated rings. The van der Waals surface area contributed by atoms with Gasteiger partial charge in [0, 0.05) is 19.3 Å². The molecule has 3 aromatic rings. The minimum Gasteiger partial charge on any atom is -0.445 e. The molecule has 0 saturated carbocycles. The standard InChI is InChI=1S/C21H23ClN4O2/c22-13-19-24-18-10-6-11-23-20(18)26(19)14-17-9-4-5-12-25(17)21(27)28-15-16-7-2-1-3-8-16/h1-3,6-8,10-11,17H,4-5,9,12-15H2/t17-/m1/s1. The van der Waals surface area contributed by atoms with E-state index in [1.807, 2.05) is 51.9 Å². The van der Waals surface area contributed by atoms with E-state index in [9.17, 15) is 4.79 Å². The van der Waals surface area contributed by atoms with Crippen LogP contribution in [0.15, 0.2) is 48.7 Å². The lowest BCUT2D eigenvalue weighted by atomic mass is 10.0. The Bertz CT molecular complexity index is 944. The molecule has 0 aliphatic carbocycles. The van der Waals surface area contributed by atoms with Gasteiger partial charge in [0.25, 0.3) is 0 Å². The van der Waals surface area contributed by atoms with Gasteiger partial charge in [0.15, 0.2) is 5.65 Å². The van der Waals surface area contributed by atoms with E-state index in [1.165, 1.54) is 0 Å². The molecule has 3 heterocycles. The van der Waals surface area contributed by atoms with Crippen LogP contribution >= 0.6 is 11.6 Å². The van der Waals surface area contributed by atoms with Gasteiger partial charge in [0.2, 0.25) is 0 Å². The fourth-order valence-corrected chi connectivity index (χ4v) is 3.95. The summed E-state index contributed by atoms with van der Waals surface area (Å²) in [6.07, 6.45) is 4.49. The highest BCUT2D eigenvalue weighted by Crippen LogP contribution is 2.23. The number of amides is 1. The largest absolute Gasteiger partial charge is 0.445 e. The molecule has 28 heavy (non-hydrogen) atoms. The summed E-state index contributed by atoms with van der Waals surface area (Å²) in [5.74, 6) is 1.08. The Morgan fingerprint density at radius 1 is 1.18 bits per heavy atom. The zero-order valence-electron chi connectivity index (χ0n) is 15.6. The quantitative estimate of drug-likeness (QED) is 0.599. The van der Waals surface area contributed by atoms with Gasteiger partial charge in [0.1, 0.15) is 17.9 Å². The summed E-state index contributed by atoms with van der Waals surface area (Å²) in [6, 6.07) is 13.6. The average molecular weight is 399 g/mol. The monoisotopic (exact) mass is 398 g/mol. The molecule has 0 spiro atoms. The maximum atomic E-state index is 12.8. The highest BCUT2D eigenvalue weighted by molar-refractivity contribution is 6.16. The second-order valence-corrected chi connectivity index (χ2v) is 7.27. The van der Waals surface area contributed by atoms with Gasteiger partial charge >= 0.3 is 6.09 Å². The van der Waals surface area contributed by atoms with Crippen LogP contribution in [0.3, 0.4) is 0 Å². The number of carbonyl (C=O) groups is 1. The van der Waals surface area contributed by atoms with Gasteiger partial charge in [-0.2, -0.15) is 0 Å². The molecular formula is C21H23ClN4O2. The molecule has 1 aliphatic rings. The average Bonchev–Trinajstić information content (AvgIpc) is 3.11. The van der Waals surface area contributed by atoms with E-state index in [0.717, 1.165) is 41.8 Å². The second-order valence-electron chi connectivity index (χ2n) is 7.00. The predicted molar refractivity (Wildman–Crippen MR) is 108 cm³/mol. The van der Waals surface area contributed by atoms with Crippen molar-refractivity contribution in [2.24, 2.45) is 0 Å². The summed E-state index contributed by atoms with van der Waals surface area (Å²) >= 11 is 6.12. The van der Waals surface area contributed by atoms with Crippen molar-refractivity contribution in [2.75, 3.05) is 6.54 Å². The molecule has 1 atom stereocenters. The van der Waals surface area contributed by atoms with E-state index in [2.05, 4.69) is 9.97 Å². The predicted octanol–water partition coefficient (Wildman–Crippen LogP) is 4.36. The first-order valence-electron chi connectivity index (χ1n) is 9.59. The number of benzene rings is 1. The van der Waals surface area contributed by atoms with Crippen LogP contribution in [-0.4, -0.2) is 38.1 Å². The summed E-state index contributed by atoms with van der Waals surface area (Å²) in [7, 11) is 0. The van der Waals surface area contributed by atoms with Gasteiger partial charge in [-0.25, -0.2) is 14.8 Å². The first kappa shape index (κ1) is 18.7. The Kier molecular flexibility index (Phi) is 5.76. The molecule has 6 nitrogen and oxygen atoms in total. The third-order valence-corrected chi connectivity index (χ3v) is 5.40. The SMILES string of the molecule is O=C(OCc1ccccc1)N1CCCC[C@@H]1Cn1c(CCl)nc2cccnc21. The number of likely N-dealkylation sites (tertiary alicyclic amines) is 1. The van der Waals surface area contributed by atoms with Gasteiger partial charge in [0.05, 0.1) is 11.9 Å². The first-order valence-corrected chi connectivity index (χ1v) is 10.1. The summed E-state index contributed by atoms with van der Waals surface area (Å²) < 4.78 is 7.62. The molecule has 1 aromatic carbocycles. The van der Waals surface area contributed by atoms with Crippen LogP contribution in [0.25, 0.3) is 11.2 Å². The first-order chi connectivity index (χ1) is 13.8. The molecule has 4 rings (SSSR count). The summed E-state index contributed by atoms with van der Waals surface area (Å²) in [5, 5.41) is 0. The van der Waals surface area contributed by atoms with Crippen LogP contribution in [-0.2, 0) is 23.8 Å². The Labute approximate surface area is 169 Å². The third-order valence-electron chi connectivity index (χ3n) is 5.16. The number of alkyl halides is 1. The maximum Gasteiger partial charge on any atom is 0.410 e. The molecule has 2 aromatic heterocycles. The molecule has 146 valence electrons. The minimum absolute atomic E-state index is 0.0402. The fraction of sp³-hybridized carbons (Fsp3) is 0.381. The van der Waals surface area contributed by atoms with Crippen LogP contribution < -0.4 is 0 Å². The van der Waals surface area contributed by atoms with E-state index < -0.39 is 0 Å². The fourth-order valence-electron chi connectivity index (χ4n) is 3.74. The summed E-state index contributed by atoms with van der Waals surface area (Å²) in [4.78, 5) is 23.7. The lowest BCUT2D eigenvalue weighted by Gasteiger charge is -2.35. The number of halogens is 1. The third kappa shape index (κ3) is 3.97. The van der Waals surface area contributed by atoms with Crippen LogP contribution in [0.4, 0.5) is 4.79 Å². The van der Waals surface area contributed by atoms with Gasteiger partial charge in [-0.05, 0) is 37.0 Å². The van der Waals surface area contributed by atoms with E-state index in [1.54, 1.807) is 6.20 Å². The lowest BCUT2D eigenvalue weighted by molar-refractivity contribution is 0.0639. The zero-order chi connectivity index (χ0) is 19.3. The van der Waals surface area contributed by atoms with Gasteiger partial charge < -0.3 is 14.2 Å². The van der Waals surface area contributed by atoms with Crippen molar-refractivity contribution in [1.29, 1.82) is 0 Å². The molecule has 1 aliphatic heterocycles. The van der Waals surface area contributed by atoms with Gasteiger partial charge in [-0.15, -0.1) is 11.6 Å². The number of pyridine rings is 1. The van der Waals surface area contributed by atoms with Crippen LogP contribution in [0, 0.1) is 0 Å². The van der Waals surface area contributed by atoms with E-state index in [0.29, 0.717) is 19.0 Å². The van der Waals surface area contributed by atoms with Crippen LogP contribution in [0.1, 0.15) is 30.7 Å². The van der Waals surface area contributed by atoms with Crippen molar-refractivity contribution in [3.63, 3.8) is 0 Å². The van der Waals surface area contributed by atoms with Crippen LogP contribution in [0.2, 0.25) is 0 Å². The van der Waals surface area contributed by atoms with Crippen molar-refractivity contribution < 1.29 is 9.53 Å². The van der Waals surface area contributed by atoms with Gasteiger partial charge in [-0.1, -0.05) is 30.3 Å². The lowest BCUT2D eigenvalue weighted by Crippen LogP contribution is -2.46. The van der Waals surface area contributed by atoms with E-state index >= 15 is 0 Å². The van der Waals surface area contributed by atoms with Crippen molar-refractivity contribution >= 4 is 28.9 Å².